The Morgan fingerprint density at radius 2 is 2.00 bits per heavy atom. The van der Waals surface area contributed by atoms with Crippen LogP contribution in [-0.4, -0.2) is 11.8 Å². The van der Waals surface area contributed by atoms with Gasteiger partial charge in [-0.3, -0.25) is 5.32 Å². The van der Waals surface area contributed by atoms with Crippen LogP contribution < -0.4 is 5.32 Å². The molecule has 3 rings (SSSR count). The quantitative estimate of drug-likeness (QED) is 0.889. The summed E-state index contributed by atoms with van der Waals surface area (Å²) in [6, 6.07) is 11.5. The van der Waals surface area contributed by atoms with Crippen LogP contribution in [0, 0.1) is 11.3 Å². The predicted octanol–water partition coefficient (Wildman–Crippen LogP) is 3.82. The van der Waals surface area contributed by atoms with Crippen molar-refractivity contribution in [3.05, 3.63) is 29.8 Å². The normalized spacial score (nSPS) is 27.5. The van der Waals surface area contributed by atoms with Crippen LogP contribution in [0.1, 0.15) is 44.1 Å². The zero-order chi connectivity index (χ0) is 13.1. The summed E-state index contributed by atoms with van der Waals surface area (Å²) < 4.78 is 0. The maximum Gasteiger partial charge on any atom is 0.134 e. The average molecular weight is 272 g/mol. The van der Waals surface area contributed by atoms with Crippen LogP contribution in [0.15, 0.2) is 29.2 Å². The number of nitrogens with zero attached hydrogens (tertiary/aromatic N) is 1. The molecule has 0 radical (unpaired) electrons. The molecule has 1 aliphatic heterocycles. The first-order valence-electron chi connectivity index (χ1n) is 7.25. The lowest BCUT2D eigenvalue weighted by atomic mass is 9.85. The molecular weight excluding hydrogens is 252 g/mol. The van der Waals surface area contributed by atoms with E-state index < -0.39 is 5.54 Å². The SMILES string of the molecule is N#CC1(NC2CCCCC2)CCSc2ccccc21. The topological polar surface area (TPSA) is 35.8 Å². The van der Waals surface area contributed by atoms with E-state index in [0.29, 0.717) is 6.04 Å². The van der Waals surface area contributed by atoms with Gasteiger partial charge in [-0.25, -0.2) is 0 Å². The first kappa shape index (κ1) is 13.0. The molecule has 1 saturated carbocycles. The molecule has 2 aliphatic rings. The second-order valence-electron chi connectivity index (χ2n) is 5.59. The minimum atomic E-state index is -0.455. The van der Waals surface area contributed by atoms with Gasteiger partial charge in [0.2, 0.25) is 0 Å². The first-order chi connectivity index (χ1) is 9.34. The zero-order valence-corrected chi connectivity index (χ0v) is 12.0. The van der Waals surface area contributed by atoms with E-state index in [2.05, 4.69) is 35.7 Å². The Morgan fingerprint density at radius 1 is 1.21 bits per heavy atom. The summed E-state index contributed by atoms with van der Waals surface area (Å²) in [4.78, 5) is 1.28. The van der Waals surface area contributed by atoms with Gasteiger partial charge in [-0.1, -0.05) is 37.5 Å². The van der Waals surface area contributed by atoms with Gasteiger partial charge < -0.3 is 0 Å². The molecule has 2 nitrogen and oxygen atoms in total. The van der Waals surface area contributed by atoms with Crippen molar-refractivity contribution in [2.24, 2.45) is 0 Å². The fourth-order valence-electron chi connectivity index (χ4n) is 3.29. The average Bonchev–Trinajstić information content (AvgIpc) is 2.49. The largest absolute Gasteiger partial charge is 0.293 e. The van der Waals surface area contributed by atoms with E-state index >= 15 is 0 Å². The molecule has 0 saturated heterocycles. The number of rotatable bonds is 2. The third-order valence-corrected chi connectivity index (χ3v) is 5.40. The van der Waals surface area contributed by atoms with Gasteiger partial charge in [0.1, 0.15) is 5.54 Å². The van der Waals surface area contributed by atoms with Crippen molar-refractivity contribution in [1.82, 2.24) is 5.32 Å². The Kier molecular flexibility index (Phi) is 3.81. The standard InChI is InChI=1S/C16H20N2S/c17-12-16(18-13-6-2-1-3-7-13)10-11-19-15-9-5-4-8-14(15)16/h4-5,8-9,13,18H,1-3,6-7,10-11H2. The molecule has 1 aliphatic carbocycles. The van der Waals surface area contributed by atoms with Crippen LogP contribution in [0.3, 0.4) is 0 Å². The van der Waals surface area contributed by atoms with E-state index in [0.717, 1.165) is 12.2 Å². The number of nitrogens with one attached hydrogen (secondary N) is 1. The van der Waals surface area contributed by atoms with E-state index in [1.807, 2.05) is 11.8 Å². The second kappa shape index (κ2) is 5.56. The molecule has 3 heteroatoms. The number of thioether (sulfide) groups is 1. The summed E-state index contributed by atoms with van der Waals surface area (Å²) in [6.07, 6.45) is 7.31. The molecule has 1 unspecified atom stereocenters. The van der Waals surface area contributed by atoms with Crippen LogP contribution >= 0.6 is 11.8 Å². The molecule has 1 heterocycles. The van der Waals surface area contributed by atoms with Crippen molar-refractivity contribution >= 4 is 11.8 Å². The summed E-state index contributed by atoms with van der Waals surface area (Å²) in [5.41, 5.74) is 0.739. The van der Waals surface area contributed by atoms with Crippen LogP contribution in [0.4, 0.5) is 0 Å². The Morgan fingerprint density at radius 3 is 2.79 bits per heavy atom. The second-order valence-corrected chi connectivity index (χ2v) is 6.73. The summed E-state index contributed by atoms with van der Waals surface area (Å²) in [5.74, 6) is 1.03. The van der Waals surface area contributed by atoms with Gasteiger partial charge in [-0.2, -0.15) is 5.26 Å². The molecule has 0 aromatic heterocycles. The molecule has 0 bridgehead atoms. The number of hydrogen-bond acceptors (Lipinski definition) is 3. The van der Waals surface area contributed by atoms with E-state index in [1.165, 1.54) is 42.6 Å². The van der Waals surface area contributed by atoms with Gasteiger partial charge in [0, 0.05) is 22.3 Å². The summed E-state index contributed by atoms with van der Waals surface area (Å²) in [6.45, 7) is 0. The third kappa shape index (κ3) is 2.52. The van der Waals surface area contributed by atoms with Gasteiger partial charge in [0.25, 0.3) is 0 Å². The van der Waals surface area contributed by atoms with Crippen LogP contribution in [0.5, 0.6) is 0 Å². The minimum absolute atomic E-state index is 0.455. The van der Waals surface area contributed by atoms with E-state index in [1.54, 1.807) is 0 Å². The van der Waals surface area contributed by atoms with E-state index in [9.17, 15) is 5.26 Å². The lowest BCUT2D eigenvalue weighted by molar-refractivity contribution is 0.287. The molecular formula is C16H20N2S. The highest BCUT2D eigenvalue weighted by Crippen LogP contribution is 2.40. The smallest absolute Gasteiger partial charge is 0.134 e. The zero-order valence-electron chi connectivity index (χ0n) is 11.2. The third-order valence-electron chi connectivity index (χ3n) is 4.33. The summed E-state index contributed by atoms with van der Waals surface area (Å²) in [7, 11) is 0. The molecule has 1 N–H and O–H groups in total. The van der Waals surface area contributed by atoms with Gasteiger partial charge in [-0.15, -0.1) is 11.8 Å². The highest BCUT2D eigenvalue weighted by atomic mass is 32.2. The van der Waals surface area contributed by atoms with Gasteiger partial charge in [-0.05, 0) is 25.3 Å². The Bertz CT molecular complexity index is 488. The van der Waals surface area contributed by atoms with Gasteiger partial charge >= 0.3 is 0 Å². The number of hydrogen-bond donors (Lipinski definition) is 1. The summed E-state index contributed by atoms with van der Waals surface area (Å²) in [5, 5.41) is 13.5. The van der Waals surface area contributed by atoms with Crippen molar-refractivity contribution in [3.8, 4) is 6.07 Å². The highest BCUT2D eigenvalue weighted by molar-refractivity contribution is 7.99. The van der Waals surface area contributed by atoms with Gasteiger partial charge in [0.05, 0.1) is 6.07 Å². The molecule has 19 heavy (non-hydrogen) atoms. The molecule has 1 aromatic carbocycles. The van der Waals surface area contributed by atoms with Crippen LogP contribution in [-0.2, 0) is 5.54 Å². The molecule has 0 amide bonds. The highest BCUT2D eigenvalue weighted by Gasteiger charge is 2.38. The van der Waals surface area contributed by atoms with Crippen LogP contribution in [0.25, 0.3) is 0 Å². The predicted molar refractivity (Wildman–Crippen MR) is 79.1 cm³/mol. The van der Waals surface area contributed by atoms with Gasteiger partial charge in [0.15, 0.2) is 0 Å². The fourth-order valence-corrected chi connectivity index (χ4v) is 4.49. The lowest BCUT2D eigenvalue weighted by Gasteiger charge is -2.38. The number of fused-ring (bicyclic) bond motifs is 1. The monoisotopic (exact) mass is 272 g/mol. The Hall–Kier alpha value is -0.980. The molecule has 100 valence electrons. The number of benzene rings is 1. The molecule has 0 spiro atoms. The maximum atomic E-state index is 9.80. The molecule has 1 aromatic rings. The van der Waals surface area contributed by atoms with Crippen molar-refractivity contribution in [3.63, 3.8) is 0 Å². The van der Waals surface area contributed by atoms with Crippen LogP contribution in [0.2, 0.25) is 0 Å². The maximum absolute atomic E-state index is 9.80. The molecule has 1 atom stereocenters. The van der Waals surface area contributed by atoms with E-state index in [4.69, 9.17) is 0 Å². The first-order valence-corrected chi connectivity index (χ1v) is 8.24. The summed E-state index contributed by atoms with van der Waals surface area (Å²) >= 11 is 1.88. The van der Waals surface area contributed by atoms with Crippen molar-refractivity contribution in [2.45, 2.75) is 55.0 Å². The van der Waals surface area contributed by atoms with Crippen molar-refractivity contribution in [2.75, 3.05) is 5.75 Å². The Balaban J connectivity index is 1.89. The van der Waals surface area contributed by atoms with E-state index in [-0.39, 0.29) is 0 Å². The van der Waals surface area contributed by atoms with Crippen molar-refractivity contribution < 1.29 is 0 Å². The van der Waals surface area contributed by atoms with Crippen molar-refractivity contribution in [1.29, 1.82) is 5.26 Å². The lowest BCUT2D eigenvalue weighted by Crippen LogP contribution is -2.49. The fraction of sp³-hybridized carbons (Fsp3) is 0.562. The molecule has 1 fully saturated rings. The Labute approximate surface area is 119 Å². The number of nitriles is 1. The minimum Gasteiger partial charge on any atom is -0.293 e.